The lowest BCUT2D eigenvalue weighted by Gasteiger charge is -2.21. The van der Waals surface area contributed by atoms with Crippen molar-refractivity contribution in [2.45, 2.75) is 92.6 Å². The summed E-state index contributed by atoms with van der Waals surface area (Å²) in [6, 6.07) is 0. The molecule has 4 N–H and O–H groups in total. The first-order chi connectivity index (χ1) is 16.8. The Hall–Kier alpha value is -0.640. The Morgan fingerprint density at radius 2 is 1.14 bits per heavy atom. The van der Waals surface area contributed by atoms with Crippen LogP contribution in [0, 0.1) is 11.8 Å². The van der Waals surface area contributed by atoms with Gasteiger partial charge in [0.15, 0.2) is 10.3 Å². The topological polar surface area (TPSA) is 132 Å². The van der Waals surface area contributed by atoms with Crippen molar-refractivity contribution in [1.82, 2.24) is 21.0 Å². The summed E-state index contributed by atoms with van der Waals surface area (Å²) in [6.07, 6.45) is 3.14. The quantitative estimate of drug-likeness (QED) is 0.0872. The van der Waals surface area contributed by atoms with E-state index >= 15 is 0 Å². The van der Waals surface area contributed by atoms with Gasteiger partial charge in [-0.1, -0.05) is 27.7 Å². The third-order valence-corrected chi connectivity index (χ3v) is 14.9. The van der Waals surface area contributed by atoms with E-state index < -0.39 is 13.0 Å². The molecule has 36 heavy (non-hydrogen) atoms. The fraction of sp³-hybridized carbons (Fsp3) is 0.818. The minimum Gasteiger partial charge on any atom is -0.292 e. The maximum absolute atomic E-state index is 13.7. The number of rotatable bonds is 13. The summed E-state index contributed by atoms with van der Waals surface area (Å²) < 4.78 is 27.3. The van der Waals surface area contributed by atoms with Gasteiger partial charge in [0, 0.05) is 24.5 Å². The highest BCUT2D eigenvalue weighted by molar-refractivity contribution is 8.65. The number of unbranched alkanes of at least 4 members (excludes halogenated alkanes) is 1. The van der Waals surface area contributed by atoms with Crippen molar-refractivity contribution in [3.05, 3.63) is 0 Å². The molecule has 2 aliphatic rings. The van der Waals surface area contributed by atoms with E-state index in [4.69, 9.17) is 0 Å². The lowest BCUT2D eigenvalue weighted by Crippen LogP contribution is -2.20. The Morgan fingerprint density at radius 1 is 0.778 bits per heavy atom. The molecule has 0 saturated carbocycles. The Bertz CT molecular complexity index is 884. The van der Waals surface area contributed by atoms with Crippen LogP contribution in [0.5, 0.6) is 0 Å². The predicted octanol–water partition coefficient (Wildman–Crippen LogP) is 6.25. The number of amidine groups is 2. The first-order valence-electron chi connectivity index (χ1n) is 12.6. The fourth-order valence-corrected chi connectivity index (χ4v) is 12.9. The molecule has 206 valence electrons. The van der Waals surface area contributed by atoms with Crippen LogP contribution in [0.2, 0.25) is 0 Å². The summed E-state index contributed by atoms with van der Waals surface area (Å²) in [6.45, 7) is 11.8. The smallest absolute Gasteiger partial charge is 0.232 e. The lowest BCUT2D eigenvalue weighted by molar-refractivity contribution is 0.523. The zero-order valence-electron chi connectivity index (χ0n) is 22.9. The summed E-state index contributed by atoms with van der Waals surface area (Å²) in [4.78, 5) is 9.30. The van der Waals surface area contributed by atoms with Gasteiger partial charge in [-0.15, -0.1) is 0 Å². The molecule has 0 radical (unpaired) electrons. The summed E-state index contributed by atoms with van der Waals surface area (Å²) in [5.74, 6) is 0.275. The zero-order chi connectivity index (χ0) is 26.9. The number of nitrogens with zero attached hydrogens (tertiary/aromatic N) is 4. The molecule has 14 heteroatoms. The van der Waals surface area contributed by atoms with E-state index in [-0.39, 0.29) is 11.6 Å². The van der Waals surface area contributed by atoms with Gasteiger partial charge in [0.2, 0.25) is 13.0 Å². The molecule has 0 aromatic heterocycles. The molecule has 0 aromatic rings. The molecule has 0 bridgehead atoms. The molecule has 2 aliphatic heterocycles. The molecule has 4 atom stereocenters. The highest BCUT2D eigenvalue weighted by Crippen LogP contribution is 2.66. The van der Waals surface area contributed by atoms with E-state index in [2.05, 4.69) is 68.9 Å². The van der Waals surface area contributed by atoms with E-state index in [1.54, 1.807) is 0 Å². The second-order valence-electron chi connectivity index (χ2n) is 10.3. The standard InChI is InChI=1S/C22H44N8O2P2S2/c1-15(2)13-19-25-21(29-27-17(5)6)35-33(19,31)23-11-9-10-12-24-34(32)20(14-16(3)4)26-22(36-34)30-28-18(7)8/h15-16,19-20H,9-14H2,1-8H3,(H,23,31)(H,24,32)(H,25,29)(H,26,30). The summed E-state index contributed by atoms with van der Waals surface area (Å²) in [7, 11) is 0. The average Bonchev–Trinajstić information content (AvgIpc) is 3.23. The van der Waals surface area contributed by atoms with Gasteiger partial charge >= 0.3 is 0 Å². The van der Waals surface area contributed by atoms with Crippen molar-refractivity contribution in [3.8, 4) is 0 Å². The first kappa shape index (κ1) is 31.6. The second-order valence-corrected chi connectivity index (χ2v) is 20.0. The van der Waals surface area contributed by atoms with Gasteiger partial charge in [-0.2, -0.15) is 10.2 Å². The molecular weight excluding hydrogens is 534 g/mol. The van der Waals surface area contributed by atoms with Crippen molar-refractivity contribution >= 4 is 57.5 Å². The van der Waals surface area contributed by atoms with Crippen LogP contribution in [0.25, 0.3) is 0 Å². The van der Waals surface area contributed by atoms with Crippen LogP contribution in [0.1, 0.15) is 81.1 Å². The van der Waals surface area contributed by atoms with Crippen molar-refractivity contribution in [2.75, 3.05) is 13.1 Å². The van der Waals surface area contributed by atoms with Crippen LogP contribution in [0.3, 0.4) is 0 Å². The minimum absolute atomic E-state index is 0.254. The Labute approximate surface area is 225 Å². The summed E-state index contributed by atoms with van der Waals surface area (Å²) in [5, 5.41) is 16.2. The van der Waals surface area contributed by atoms with E-state index in [1.807, 2.05) is 27.7 Å². The molecule has 0 fully saturated rings. The molecule has 2 heterocycles. The molecule has 4 unspecified atom stereocenters. The molecule has 10 nitrogen and oxygen atoms in total. The Kier molecular flexibility index (Phi) is 12.7. The van der Waals surface area contributed by atoms with Crippen molar-refractivity contribution in [2.24, 2.45) is 32.0 Å². The maximum Gasteiger partial charge on any atom is 0.232 e. The van der Waals surface area contributed by atoms with Crippen molar-refractivity contribution in [1.29, 1.82) is 0 Å². The second kappa shape index (κ2) is 14.5. The van der Waals surface area contributed by atoms with E-state index in [9.17, 15) is 9.13 Å². The van der Waals surface area contributed by atoms with E-state index in [0.29, 0.717) is 35.3 Å². The normalized spacial score (nSPS) is 27.7. The minimum atomic E-state index is -2.77. The van der Waals surface area contributed by atoms with Gasteiger partial charge in [-0.05, 0) is 88.0 Å². The number of hydrogen-bond acceptors (Lipinski definition) is 10. The van der Waals surface area contributed by atoms with Crippen LogP contribution in [0.4, 0.5) is 0 Å². The van der Waals surface area contributed by atoms with Crippen LogP contribution in [-0.2, 0) is 9.13 Å². The summed E-state index contributed by atoms with van der Waals surface area (Å²) in [5.41, 5.74) is 7.66. The number of nitrogens with one attached hydrogen (secondary N) is 4. The van der Waals surface area contributed by atoms with Gasteiger partial charge in [0.1, 0.15) is 11.6 Å². The van der Waals surface area contributed by atoms with E-state index in [0.717, 1.165) is 37.1 Å². The highest BCUT2D eigenvalue weighted by atomic mass is 32.7. The number of aliphatic imine (C=N–C) groups is 2. The van der Waals surface area contributed by atoms with Crippen molar-refractivity contribution < 1.29 is 9.13 Å². The largest absolute Gasteiger partial charge is 0.292 e. The monoisotopic (exact) mass is 578 g/mol. The molecule has 0 aromatic carbocycles. The van der Waals surface area contributed by atoms with Gasteiger partial charge in [-0.3, -0.25) is 30.2 Å². The van der Waals surface area contributed by atoms with Crippen LogP contribution < -0.4 is 21.0 Å². The molecule has 0 amide bonds. The van der Waals surface area contributed by atoms with Gasteiger partial charge < -0.3 is 0 Å². The first-order valence-corrected chi connectivity index (χ1v) is 19.0. The molecule has 0 spiro atoms. The third-order valence-electron chi connectivity index (χ3n) is 5.14. The molecule has 2 rings (SSSR count). The van der Waals surface area contributed by atoms with Crippen LogP contribution in [0.15, 0.2) is 20.2 Å². The Morgan fingerprint density at radius 3 is 1.44 bits per heavy atom. The molecule has 0 aliphatic carbocycles. The third kappa shape index (κ3) is 10.3. The van der Waals surface area contributed by atoms with Crippen LogP contribution >= 0.6 is 35.8 Å². The van der Waals surface area contributed by atoms with E-state index in [1.165, 1.54) is 22.8 Å². The van der Waals surface area contributed by atoms with Gasteiger partial charge in [-0.25, -0.2) is 9.98 Å². The number of hydrazone groups is 2. The van der Waals surface area contributed by atoms with Gasteiger partial charge in [0.25, 0.3) is 0 Å². The Balaban J connectivity index is 1.85. The SMILES string of the molecule is CC(C)=NNC1=NC(CC(C)C)P(=O)(NCCCCNP2(=O)SC(NN=C(C)C)=NC2CC(C)C)S1. The lowest BCUT2D eigenvalue weighted by atomic mass is 10.1. The van der Waals surface area contributed by atoms with Gasteiger partial charge in [0.05, 0.1) is 0 Å². The predicted molar refractivity (Wildman–Crippen MR) is 161 cm³/mol. The molecule has 0 saturated heterocycles. The molecular formula is C22H44N8O2P2S2. The highest BCUT2D eigenvalue weighted by Gasteiger charge is 2.42. The zero-order valence-corrected chi connectivity index (χ0v) is 26.3. The summed E-state index contributed by atoms with van der Waals surface area (Å²) >= 11 is 2.56. The maximum atomic E-state index is 13.7. The number of hydrogen-bond donors (Lipinski definition) is 4. The van der Waals surface area contributed by atoms with Crippen molar-refractivity contribution in [3.63, 3.8) is 0 Å². The average molecular weight is 579 g/mol. The van der Waals surface area contributed by atoms with Crippen LogP contribution in [-0.4, -0.2) is 46.4 Å². The fourth-order valence-electron chi connectivity index (χ4n) is 3.49.